The molecule has 134 valence electrons. The first-order chi connectivity index (χ1) is 11.5. The van der Waals surface area contributed by atoms with Gasteiger partial charge in [0.1, 0.15) is 0 Å². The van der Waals surface area contributed by atoms with Crippen molar-refractivity contribution in [1.29, 1.82) is 0 Å². The molecule has 0 bridgehead atoms. The van der Waals surface area contributed by atoms with Gasteiger partial charge in [-0.15, -0.1) is 0 Å². The molecule has 6 nitrogen and oxygen atoms in total. The Morgan fingerprint density at radius 1 is 1.00 bits per heavy atom. The second-order valence-corrected chi connectivity index (χ2v) is 5.56. The van der Waals surface area contributed by atoms with Gasteiger partial charge >= 0.3 is 11.9 Å². The first-order valence-electron chi connectivity index (χ1n) is 8.37. The molecule has 0 spiro atoms. The third kappa shape index (κ3) is 7.85. The van der Waals surface area contributed by atoms with E-state index in [1.54, 1.807) is 25.1 Å². The first kappa shape index (κ1) is 19.8. The van der Waals surface area contributed by atoms with Crippen LogP contribution in [0.3, 0.4) is 0 Å². The molecule has 0 radical (unpaired) electrons. The molecule has 0 saturated carbocycles. The molecule has 0 aliphatic carbocycles. The number of rotatable bonds is 13. The van der Waals surface area contributed by atoms with Crippen LogP contribution in [0.5, 0.6) is 11.5 Å². The summed E-state index contributed by atoms with van der Waals surface area (Å²) in [6.07, 6.45) is 4.13. The Hall–Kier alpha value is -2.24. The molecular weight excluding hydrogens is 312 g/mol. The zero-order chi connectivity index (χ0) is 17.8. The fourth-order valence-electron chi connectivity index (χ4n) is 2.22. The van der Waals surface area contributed by atoms with E-state index in [-0.39, 0.29) is 6.42 Å². The van der Waals surface area contributed by atoms with E-state index in [0.29, 0.717) is 30.9 Å². The Bertz CT molecular complexity index is 514. The largest absolute Gasteiger partial charge is 0.490 e. The summed E-state index contributed by atoms with van der Waals surface area (Å²) in [5.74, 6) is -0.758. The third-order valence-electron chi connectivity index (χ3n) is 3.56. The molecule has 0 amide bonds. The van der Waals surface area contributed by atoms with Gasteiger partial charge < -0.3 is 19.7 Å². The van der Waals surface area contributed by atoms with Crippen LogP contribution in [0.2, 0.25) is 0 Å². The van der Waals surface area contributed by atoms with E-state index in [1.165, 1.54) is 0 Å². The van der Waals surface area contributed by atoms with E-state index >= 15 is 0 Å². The van der Waals surface area contributed by atoms with Crippen molar-refractivity contribution >= 4 is 11.9 Å². The van der Waals surface area contributed by atoms with Crippen molar-refractivity contribution in [2.45, 2.75) is 58.0 Å². The second kappa shape index (κ2) is 11.3. The van der Waals surface area contributed by atoms with Gasteiger partial charge in [0.25, 0.3) is 0 Å². The zero-order valence-electron chi connectivity index (χ0n) is 14.1. The van der Waals surface area contributed by atoms with Crippen molar-refractivity contribution in [3.8, 4) is 11.5 Å². The molecule has 1 aromatic carbocycles. The topological polar surface area (TPSA) is 93.1 Å². The molecule has 2 N–H and O–H groups in total. The average Bonchev–Trinajstić information content (AvgIpc) is 2.55. The standard InChI is InChI=1S/C18H26O6/c1-2-14(18(21)22)24-16-11-8-7-10-15(16)23-13-9-5-3-4-6-12-17(19)20/h7-8,10-11,14H,2-6,9,12-13H2,1H3,(H,19,20)(H,21,22). The molecule has 6 heteroatoms. The average molecular weight is 338 g/mol. The number of aliphatic carboxylic acids is 2. The lowest BCUT2D eigenvalue weighted by Gasteiger charge is -2.16. The Balaban J connectivity index is 2.32. The van der Waals surface area contributed by atoms with Gasteiger partial charge in [-0.3, -0.25) is 4.79 Å². The van der Waals surface area contributed by atoms with Crippen molar-refractivity contribution in [2.24, 2.45) is 0 Å². The van der Waals surface area contributed by atoms with E-state index in [9.17, 15) is 9.59 Å². The molecule has 0 saturated heterocycles. The number of hydrogen-bond acceptors (Lipinski definition) is 4. The summed E-state index contributed by atoms with van der Waals surface area (Å²) >= 11 is 0. The van der Waals surface area contributed by atoms with Crippen LogP contribution in [0.1, 0.15) is 51.9 Å². The number of carbonyl (C=O) groups is 2. The maximum absolute atomic E-state index is 11.1. The van der Waals surface area contributed by atoms with Crippen molar-refractivity contribution in [3.05, 3.63) is 24.3 Å². The summed E-state index contributed by atoms with van der Waals surface area (Å²) in [5.41, 5.74) is 0. The van der Waals surface area contributed by atoms with Crippen LogP contribution < -0.4 is 9.47 Å². The fourth-order valence-corrected chi connectivity index (χ4v) is 2.22. The maximum atomic E-state index is 11.1. The first-order valence-corrected chi connectivity index (χ1v) is 8.37. The summed E-state index contributed by atoms with van der Waals surface area (Å²) < 4.78 is 11.2. The predicted molar refractivity (Wildman–Crippen MR) is 89.6 cm³/mol. The summed E-state index contributed by atoms with van der Waals surface area (Å²) in [7, 11) is 0. The number of ether oxygens (including phenoxy) is 2. The summed E-state index contributed by atoms with van der Waals surface area (Å²) in [4.78, 5) is 21.5. The highest BCUT2D eigenvalue weighted by Crippen LogP contribution is 2.28. The highest BCUT2D eigenvalue weighted by atomic mass is 16.5. The van der Waals surface area contributed by atoms with Crippen LogP contribution in [-0.4, -0.2) is 34.9 Å². The van der Waals surface area contributed by atoms with Gasteiger partial charge in [0, 0.05) is 6.42 Å². The van der Waals surface area contributed by atoms with Crippen molar-refractivity contribution in [1.82, 2.24) is 0 Å². The van der Waals surface area contributed by atoms with E-state index in [2.05, 4.69) is 0 Å². The van der Waals surface area contributed by atoms with Gasteiger partial charge in [0.05, 0.1) is 6.61 Å². The Morgan fingerprint density at radius 2 is 1.62 bits per heavy atom. The van der Waals surface area contributed by atoms with Crippen LogP contribution in [0.25, 0.3) is 0 Å². The number of carboxylic acid groups (broad SMARTS) is 2. The number of hydrogen-bond donors (Lipinski definition) is 2. The van der Waals surface area contributed by atoms with E-state index in [0.717, 1.165) is 25.7 Å². The molecule has 0 heterocycles. The summed E-state index contributed by atoms with van der Waals surface area (Å²) in [6, 6.07) is 7.05. The summed E-state index contributed by atoms with van der Waals surface area (Å²) in [5, 5.41) is 17.6. The van der Waals surface area contributed by atoms with Crippen LogP contribution in [-0.2, 0) is 9.59 Å². The SMILES string of the molecule is CCC(Oc1ccccc1OCCCCCCCC(=O)O)C(=O)O. The zero-order valence-corrected chi connectivity index (χ0v) is 14.1. The monoisotopic (exact) mass is 338 g/mol. The molecule has 1 unspecified atom stereocenters. The molecule has 0 aliphatic heterocycles. The number of unbranched alkanes of at least 4 members (excludes halogenated alkanes) is 4. The molecule has 24 heavy (non-hydrogen) atoms. The third-order valence-corrected chi connectivity index (χ3v) is 3.56. The molecule has 1 atom stereocenters. The lowest BCUT2D eigenvalue weighted by atomic mass is 10.1. The molecular formula is C18H26O6. The Morgan fingerprint density at radius 3 is 2.25 bits per heavy atom. The van der Waals surface area contributed by atoms with Crippen LogP contribution in [0, 0.1) is 0 Å². The molecule has 0 aromatic heterocycles. The normalized spacial score (nSPS) is 11.7. The van der Waals surface area contributed by atoms with Crippen molar-refractivity contribution < 1.29 is 29.3 Å². The number of para-hydroxylation sites is 2. The van der Waals surface area contributed by atoms with Crippen LogP contribution >= 0.6 is 0 Å². The van der Waals surface area contributed by atoms with E-state index in [1.807, 2.05) is 6.07 Å². The summed E-state index contributed by atoms with van der Waals surface area (Å²) in [6.45, 7) is 2.27. The van der Waals surface area contributed by atoms with Gasteiger partial charge in [-0.2, -0.15) is 0 Å². The van der Waals surface area contributed by atoms with Gasteiger partial charge in [0.15, 0.2) is 17.6 Å². The van der Waals surface area contributed by atoms with Gasteiger partial charge in [0.2, 0.25) is 0 Å². The number of carboxylic acids is 2. The lowest BCUT2D eigenvalue weighted by molar-refractivity contribution is -0.145. The smallest absolute Gasteiger partial charge is 0.344 e. The maximum Gasteiger partial charge on any atom is 0.344 e. The molecule has 1 aromatic rings. The van der Waals surface area contributed by atoms with Gasteiger partial charge in [-0.05, 0) is 31.4 Å². The van der Waals surface area contributed by atoms with Crippen LogP contribution in [0.4, 0.5) is 0 Å². The van der Waals surface area contributed by atoms with Crippen molar-refractivity contribution in [3.63, 3.8) is 0 Å². The highest BCUT2D eigenvalue weighted by molar-refractivity contribution is 5.72. The lowest BCUT2D eigenvalue weighted by Crippen LogP contribution is -2.26. The van der Waals surface area contributed by atoms with E-state index in [4.69, 9.17) is 19.7 Å². The Labute approximate surface area is 142 Å². The second-order valence-electron chi connectivity index (χ2n) is 5.56. The van der Waals surface area contributed by atoms with E-state index < -0.39 is 18.0 Å². The minimum absolute atomic E-state index is 0.226. The predicted octanol–water partition coefficient (Wildman–Crippen LogP) is 3.73. The van der Waals surface area contributed by atoms with Gasteiger partial charge in [-0.1, -0.05) is 38.3 Å². The molecule has 0 aliphatic rings. The van der Waals surface area contributed by atoms with Crippen molar-refractivity contribution in [2.75, 3.05) is 6.61 Å². The molecule has 1 rings (SSSR count). The van der Waals surface area contributed by atoms with Crippen LogP contribution in [0.15, 0.2) is 24.3 Å². The Kier molecular flexibility index (Phi) is 9.34. The number of benzene rings is 1. The van der Waals surface area contributed by atoms with Gasteiger partial charge in [-0.25, -0.2) is 4.79 Å². The quantitative estimate of drug-likeness (QED) is 0.532. The fraction of sp³-hybridized carbons (Fsp3) is 0.556. The minimum atomic E-state index is -0.992. The highest BCUT2D eigenvalue weighted by Gasteiger charge is 2.18. The minimum Gasteiger partial charge on any atom is -0.490 e. The molecule has 0 fully saturated rings.